The van der Waals surface area contributed by atoms with Gasteiger partial charge >= 0.3 is 0 Å². The van der Waals surface area contributed by atoms with Gasteiger partial charge in [0.05, 0.1) is 11.6 Å². The number of nitrogens with zero attached hydrogens (tertiary/aromatic N) is 1. The Balaban J connectivity index is 1.75. The summed E-state index contributed by atoms with van der Waals surface area (Å²) in [5.74, 6) is -1.22. The molecule has 34 heavy (non-hydrogen) atoms. The lowest BCUT2D eigenvalue weighted by Gasteiger charge is -2.27. The number of anilines is 2. The fourth-order valence-corrected chi connectivity index (χ4v) is 4.23. The van der Waals surface area contributed by atoms with Crippen LogP contribution >= 0.6 is 0 Å². The number of benzene rings is 4. The van der Waals surface area contributed by atoms with E-state index in [4.69, 9.17) is 0 Å². The van der Waals surface area contributed by atoms with Gasteiger partial charge < -0.3 is 5.32 Å². The highest BCUT2D eigenvalue weighted by atomic mass is 19.1. The normalized spacial score (nSPS) is 15.5. The standard InChI is InChI=1S/C29H21FN2O2/c30-24-19-11-10-18-23(24)27-25(28(33)20-12-4-1-5-13-20)26(31-21-14-6-2-7-15-21)29(34)32(27)22-16-8-3-9-17-22/h1-19,27,31H/t27-/m0/s1. The summed E-state index contributed by atoms with van der Waals surface area (Å²) in [5.41, 5.74) is 2.25. The van der Waals surface area contributed by atoms with Crippen molar-refractivity contribution in [2.24, 2.45) is 0 Å². The van der Waals surface area contributed by atoms with Crippen LogP contribution in [0.3, 0.4) is 0 Å². The van der Waals surface area contributed by atoms with E-state index in [1.54, 1.807) is 54.6 Å². The second-order valence-corrected chi connectivity index (χ2v) is 7.91. The Morgan fingerprint density at radius 3 is 1.94 bits per heavy atom. The Kier molecular flexibility index (Phi) is 5.75. The van der Waals surface area contributed by atoms with E-state index >= 15 is 4.39 Å². The third kappa shape index (κ3) is 3.88. The maximum absolute atomic E-state index is 15.2. The molecule has 0 saturated heterocycles. The molecule has 0 saturated carbocycles. The molecule has 4 aromatic carbocycles. The number of carbonyl (C=O) groups is 2. The average Bonchev–Trinajstić information content (AvgIpc) is 3.17. The van der Waals surface area contributed by atoms with Crippen molar-refractivity contribution in [3.8, 4) is 0 Å². The van der Waals surface area contributed by atoms with Crippen LogP contribution in [0.2, 0.25) is 0 Å². The number of nitrogens with one attached hydrogen (secondary N) is 1. The molecular formula is C29H21FN2O2. The van der Waals surface area contributed by atoms with E-state index < -0.39 is 17.8 Å². The Morgan fingerprint density at radius 1 is 0.735 bits per heavy atom. The summed E-state index contributed by atoms with van der Waals surface area (Å²) in [6.45, 7) is 0. The molecule has 0 aromatic heterocycles. The highest BCUT2D eigenvalue weighted by molar-refractivity contribution is 6.23. The third-order valence-corrected chi connectivity index (χ3v) is 5.79. The van der Waals surface area contributed by atoms with Gasteiger partial charge in [0.2, 0.25) is 0 Å². The maximum atomic E-state index is 15.2. The molecule has 4 nitrogen and oxygen atoms in total. The van der Waals surface area contributed by atoms with Gasteiger partial charge in [0.15, 0.2) is 5.78 Å². The summed E-state index contributed by atoms with van der Waals surface area (Å²) in [7, 11) is 0. The second kappa shape index (κ2) is 9.16. The number of hydrogen-bond donors (Lipinski definition) is 1. The summed E-state index contributed by atoms with van der Waals surface area (Å²) in [5, 5.41) is 3.16. The summed E-state index contributed by atoms with van der Waals surface area (Å²) in [4.78, 5) is 29.2. The zero-order valence-electron chi connectivity index (χ0n) is 18.2. The fraction of sp³-hybridized carbons (Fsp3) is 0.0345. The largest absolute Gasteiger partial charge is 0.351 e. The van der Waals surface area contributed by atoms with Crippen LogP contribution in [0.1, 0.15) is 22.0 Å². The van der Waals surface area contributed by atoms with E-state index in [1.807, 2.05) is 54.6 Å². The van der Waals surface area contributed by atoms with Crippen LogP contribution in [0.15, 0.2) is 127 Å². The first-order chi connectivity index (χ1) is 16.6. The molecule has 0 fully saturated rings. The zero-order chi connectivity index (χ0) is 23.5. The van der Waals surface area contributed by atoms with Gasteiger partial charge in [-0.1, -0.05) is 84.9 Å². The summed E-state index contributed by atoms with van der Waals surface area (Å²) in [6, 6.07) is 32.3. The maximum Gasteiger partial charge on any atom is 0.276 e. The minimum absolute atomic E-state index is 0.136. The van der Waals surface area contributed by atoms with E-state index in [1.165, 1.54) is 11.0 Å². The molecule has 1 N–H and O–H groups in total. The summed E-state index contributed by atoms with van der Waals surface area (Å²) >= 11 is 0. The molecule has 0 spiro atoms. The van der Waals surface area contributed by atoms with Crippen molar-refractivity contribution in [3.63, 3.8) is 0 Å². The molecule has 5 heteroatoms. The molecule has 0 radical (unpaired) electrons. The van der Waals surface area contributed by atoms with Crippen LogP contribution in [0, 0.1) is 5.82 Å². The quantitative estimate of drug-likeness (QED) is 0.359. The number of rotatable bonds is 6. The van der Waals surface area contributed by atoms with E-state index in [0.717, 1.165) is 0 Å². The van der Waals surface area contributed by atoms with Gasteiger partial charge in [0.25, 0.3) is 5.91 Å². The topological polar surface area (TPSA) is 49.4 Å². The van der Waals surface area contributed by atoms with E-state index in [0.29, 0.717) is 16.9 Å². The van der Waals surface area contributed by atoms with Crippen LogP contribution < -0.4 is 10.2 Å². The first-order valence-corrected chi connectivity index (χ1v) is 10.9. The van der Waals surface area contributed by atoms with Crippen molar-refractivity contribution >= 4 is 23.1 Å². The van der Waals surface area contributed by atoms with Crippen LogP contribution in [-0.4, -0.2) is 11.7 Å². The number of carbonyl (C=O) groups excluding carboxylic acids is 2. The number of Topliss-reactive ketones (excluding diaryl/α,β-unsaturated/α-hetero) is 1. The molecule has 0 unspecified atom stereocenters. The molecule has 1 aliphatic rings. The predicted octanol–water partition coefficient (Wildman–Crippen LogP) is 6.16. The number of ketones is 1. The van der Waals surface area contributed by atoms with Crippen molar-refractivity contribution in [2.75, 3.05) is 10.2 Å². The Bertz CT molecular complexity index is 1370. The van der Waals surface area contributed by atoms with Crippen molar-refractivity contribution < 1.29 is 14.0 Å². The second-order valence-electron chi connectivity index (χ2n) is 7.91. The molecule has 166 valence electrons. The van der Waals surface area contributed by atoms with Crippen molar-refractivity contribution in [3.05, 3.63) is 143 Å². The minimum atomic E-state index is -0.935. The van der Waals surface area contributed by atoms with E-state index in [-0.39, 0.29) is 22.6 Å². The van der Waals surface area contributed by atoms with Gasteiger partial charge in [-0.25, -0.2) is 4.39 Å². The zero-order valence-corrected chi connectivity index (χ0v) is 18.2. The molecule has 4 aromatic rings. The summed E-state index contributed by atoms with van der Waals surface area (Å²) < 4.78 is 15.2. The van der Waals surface area contributed by atoms with E-state index in [2.05, 4.69) is 5.32 Å². The molecule has 0 bridgehead atoms. The smallest absolute Gasteiger partial charge is 0.276 e. The lowest BCUT2D eigenvalue weighted by molar-refractivity contribution is -0.114. The average molecular weight is 448 g/mol. The third-order valence-electron chi connectivity index (χ3n) is 5.79. The Labute approximate surface area is 197 Å². The van der Waals surface area contributed by atoms with Crippen molar-refractivity contribution in [1.82, 2.24) is 0 Å². The van der Waals surface area contributed by atoms with Crippen LogP contribution in [0.5, 0.6) is 0 Å². The Morgan fingerprint density at radius 2 is 1.29 bits per heavy atom. The molecule has 1 atom stereocenters. The highest BCUT2D eigenvalue weighted by Gasteiger charge is 2.45. The molecule has 1 amide bonds. The number of para-hydroxylation sites is 2. The molecular weight excluding hydrogens is 427 g/mol. The summed E-state index contributed by atoms with van der Waals surface area (Å²) in [6.07, 6.45) is 0. The van der Waals surface area contributed by atoms with Crippen molar-refractivity contribution in [2.45, 2.75) is 6.04 Å². The van der Waals surface area contributed by atoms with Gasteiger partial charge in [-0.05, 0) is 30.3 Å². The SMILES string of the molecule is O=C(C1=C(Nc2ccccc2)C(=O)N(c2ccccc2)[C@H]1c1ccccc1F)c1ccccc1. The van der Waals surface area contributed by atoms with Gasteiger partial charge in [-0.2, -0.15) is 0 Å². The van der Waals surface area contributed by atoms with Crippen LogP contribution in [0.25, 0.3) is 0 Å². The first-order valence-electron chi connectivity index (χ1n) is 10.9. The molecule has 1 aliphatic heterocycles. The molecule has 0 aliphatic carbocycles. The van der Waals surface area contributed by atoms with Gasteiger partial charge in [0.1, 0.15) is 11.5 Å². The van der Waals surface area contributed by atoms with Gasteiger partial charge in [0, 0.05) is 22.5 Å². The minimum Gasteiger partial charge on any atom is -0.351 e. The van der Waals surface area contributed by atoms with Gasteiger partial charge in [-0.15, -0.1) is 0 Å². The first kappa shape index (κ1) is 21.3. The monoisotopic (exact) mass is 448 g/mol. The lowest BCUT2D eigenvalue weighted by atomic mass is 9.92. The lowest BCUT2D eigenvalue weighted by Crippen LogP contribution is -2.32. The number of amides is 1. The number of hydrogen-bond acceptors (Lipinski definition) is 3. The predicted molar refractivity (Wildman–Crippen MR) is 131 cm³/mol. The Hall–Kier alpha value is -4.51. The molecule has 5 rings (SSSR count). The van der Waals surface area contributed by atoms with E-state index in [9.17, 15) is 9.59 Å². The van der Waals surface area contributed by atoms with Crippen molar-refractivity contribution in [1.29, 1.82) is 0 Å². The van der Waals surface area contributed by atoms with Crippen LogP contribution in [-0.2, 0) is 4.79 Å². The fourth-order valence-electron chi connectivity index (χ4n) is 4.23. The molecule has 1 heterocycles. The highest BCUT2D eigenvalue weighted by Crippen LogP contribution is 2.43. The van der Waals surface area contributed by atoms with Gasteiger partial charge in [-0.3, -0.25) is 14.5 Å². The van der Waals surface area contributed by atoms with Crippen LogP contribution in [0.4, 0.5) is 15.8 Å². The number of halogens is 1.